The van der Waals surface area contributed by atoms with E-state index in [2.05, 4.69) is 15.2 Å². The number of halogens is 3. The Morgan fingerprint density at radius 3 is 2.62 bits per heavy atom. The van der Waals surface area contributed by atoms with Crippen LogP contribution in [0, 0.1) is 5.92 Å². The van der Waals surface area contributed by atoms with Crippen LogP contribution in [0.5, 0.6) is 0 Å². The Morgan fingerprint density at radius 1 is 1.08 bits per heavy atom. The Morgan fingerprint density at radius 2 is 1.88 bits per heavy atom. The topological polar surface area (TPSA) is 31.4 Å². The number of hydrogen-bond donors (Lipinski definition) is 1. The fourth-order valence-corrected chi connectivity index (χ4v) is 3.72. The molecular formula is C17H25F3N4. The Bertz CT molecular complexity index is 575. The molecule has 1 aromatic heterocycles. The van der Waals surface area contributed by atoms with E-state index in [0.29, 0.717) is 24.8 Å². The summed E-state index contributed by atoms with van der Waals surface area (Å²) in [7, 11) is 0. The van der Waals surface area contributed by atoms with Crippen molar-refractivity contribution < 1.29 is 13.2 Å². The Labute approximate surface area is 141 Å². The third-order valence-corrected chi connectivity index (χ3v) is 4.94. The largest absolute Gasteiger partial charge is 0.393 e. The standard InChI is InChI=1S/C15H19F3N4.C2H6/c16-15(17,18)10-2-1-6-22(8-10)13-4-3-12-14(20-13)19-11-5-7-21(12)9-11;1-2/h3-4,10-11H,1-2,5-9H2,(H,19,20);1-2H3/t10?,11-;/m0./s1. The first-order chi connectivity index (χ1) is 11.5. The lowest BCUT2D eigenvalue weighted by molar-refractivity contribution is -0.176. The van der Waals surface area contributed by atoms with Crippen molar-refractivity contribution in [2.75, 3.05) is 41.3 Å². The summed E-state index contributed by atoms with van der Waals surface area (Å²) in [6.45, 7) is 6.67. The van der Waals surface area contributed by atoms with Crippen LogP contribution >= 0.6 is 0 Å². The minimum Gasteiger partial charge on any atom is -0.366 e. The average Bonchev–Trinajstić information content (AvgIpc) is 2.98. The van der Waals surface area contributed by atoms with Crippen LogP contribution in [0.2, 0.25) is 0 Å². The van der Waals surface area contributed by atoms with Gasteiger partial charge in [-0.3, -0.25) is 0 Å². The molecule has 2 saturated heterocycles. The van der Waals surface area contributed by atoms with E-state index in [4.69, 9.17) is 0 Å². The van der Waals surface area contributed by atoms with E-state index in [0.717, 1.165) is 31.0 Å². The van der Waals surface area contributed by atoms with E-state index in [1.54, 1.807) is 4.90 Å². The average molecular weight is 342 g/mol. The molecule has 2 atom stereocenters. The highest BCUT2D eigenvalue weighted by atomic mass is 19.4. The van der Waals surface area contributed by atoms with E-state index < -0.39 is 12.1 Å². The van der Waals surface area contributed by atoms with Crippen molar-refractivity contribution in [2.45, 2.75) is 45.3 Å². The number of pyridine rings is 1. The van der Waals surface area contributed by atoms with E-state index in [9.17, 15) is 13.2 Å². The predicted molar refractivity (Wildman–Crippen MR) is 90.8 cm³/mol. The van der Waals surface area contributed by atoms with E-state index in [1.807, 2.05) is 26.0 Å². The third-order valence-electron chi connectivity index (χ3n) is 4.94. The number of aromatic nitrogens is 1. The minimum atomic E-state index is -4.12. The summed E-state index contributed by atoms with van der Waals surface area (Å²) in [6, 6.07) is 4.26. The number of anilines is 3. The number of fused-ring (bicyclic) bond motifs is 4. The van der Waals surface area contributed by atoms with Gasteiger partial charge in [0.05, 0.1) is 11.6 Å². The van der Waals surface area contributed by atoms with Gasteiger partial charge >= 0.3 is 6.18 Å². The number of piperidine rings is 1. The van der Waals surface area contributed by atoms with Gasteiger partial charge in [0.1, 0.15) is 5.82 Å². The van der Waals surface area contributed by atoms with Crippen molar-refractivity contribution >= 4 is 17.3 Å². The molecule has 1 N–H and O–H groups in total. The number of rotatable bonds is 1. The molecule has 4 heterocycles. The van der Waals surface area contributed by atoms with Gasteiger partial charge in [-0.1, -0.05) is 13.8 Å². The summed E-state index contributed by atoms with van der Waals surface area (Å²) in [6.07, 6.45) is -2.24. The normalized spacial score (nSPS) is 25.5. The van der Waals surface area contributed by atoms with Crippen molar-refractivity contribution in [3.63, 3.8) is 0 Å². The molecule has 4 rings (SSSR count). The molecule has 1 unspecified atom stereocenters. The van der Waals surface area contributed by atoms with Crippen LogP contribution in [0.4, 0.5) is 30.5 Å². The van der Waals surface area contributed by atoms with Gasteiger partial charge in [0.25, 0.3) is 0 Å². The first-order valence-corrected chi connectivity index (χ1v) is 8.85. The molecular weight excluding hydrogens is 317 g/mol. The van der Waals surface area contributed by atoms with E-state index >= 15 is 0 Å². The fourth-order valence-electron chi connectivity index (χ4n) is 3.72. The first-order valence-electron chi connectivity index (χ1n) is 8.85. The number of nitrogens with zero attached hydrogens (tertiary/aromatic N) is 3. The van der Waals surface area contributed by atoms with Crippen LogP contribution in [0.25, 0.3) is 0 Å². The SMILES string of the molecule is CC.FC(F)(F)C1CCCN(c2ccc3c(n2)N[C@H]2CCN3C2)C1. The molecule has 134 valence electrons. The van der Waals surface area contributed by atoms with Gasteiger partial charge in [-0.25, -0.2) is 4.98 Å². The molecule has 0 radical (unpaired) electrons. The van der Waals surface area contributed by atoms with Crippen molar-refractivity contribution in [1.29, 1.82) is 0 Å². The Kier molecular flexibility index (Phi) is 4.78. The highest BCUT2D eigenvalue weighted by molar-refractivity contribution is 5.72. The third kappa shape index (κ3) is 3.26. The zero-order chi connectivity index (χ0) is 17.3. The second kappa shape index (κ2) is 6.69. The molecule has 2 fully saturated rings. The molecule has 0 aromatic carbocycles. The van der Waals surface area contributed by atoms with Crippen molar-refractivity contribution in [3.05, 3.63) is 12.1 Å². The van der Waals surface area contributed by atoms with Crippen molar-refractivity contribution in [1.82, 2.24) is 4.98 Å². The summed E-state index contributed by atoms with van der Waals surface area (Å²) >= 11 is 0. The van der Waals surface area contributed by atoms with Crippen LogP contribution < -0.4 is 15.1 Å². The predicted octanol–water partition coefficient (Wildman–Crippen LogP) is 3.89. The summed E-state index contributed by atoms with van der Waals surface area (Å²) in [5.41, 5.74) is 1.07. The van der Waals surface area contributed by atoms with Crippen LogP contribution in [0.1, 0.15) is 33.1 Å². The number of alkyl halides is 3. The Hall–Kier alpha value is -1.66. The van der Waals surface area contributed by atoms with Gasteiger partial charge < -0.3 is 15.1 Å². The lowest BCUT2D eigenvalue weighted by atomic mass is 9.97. The molecule has 1 aromatic rings. The molecule has 0 amide bonds. The minimum absolute atomic E-state index is 0.0163. The highest BCUT2D eigenvalue weighted by Crippen LogP contribution is 2.38. The maximum absolute atomic E-state index is 12.9. The zero-order valence-electron chi connectivity index (χ0n) is 14.2. The molecule has 3 aliphatic heterocycles. The maximum Gasteiger partial charge on any atom is 0.393 e. The summed E-state index contributed by atoms with van der Waals surface area (Å²) in [4.78, 5) is 8.67. The first kappa shape index (κ1) is 17.2. The van der Waals surface area contributed by atoms with Gasteiger partial charge in [0.2, 0.25) is 0 Å². The molecule has 0 saturated carbocycles. The Balaban J connectivity index is 0.000000815. The molecule has 2 bridgehead atoms. The van der Waals surface area contributed by atoms with Crippen LogP contribution in [-0.2, 0) is 0 Å². The maximum atomic E-state index is 12.9. The lowest BCUT2D eigenvalue weighted by Gasteiger charge is -2.35. The fraction of sp³-hybridized carbons (Fsp3) is 0.706. The molecule has 7 heteroatoms. The molecule has 4 nitrogen and oxygen atoms in total. The van der Waals surface area contributed by atoms with Crippen LogP contribution in [-0.4, -0.2) is 43.4 Å². The smallest absolute Gasteiger partial charge is 0.366 e. The second-order valence-electron chi connectivity index (χ2n) is 6.44. The highest BCUT2D eigenvalue weighted by Gasteiger charge is 2.42. The van der Waals surface area contributed by atoms with Gasteiger partial charge in [-0.05, 0) is 31.4 Å². The molecule has 0 aliphatic carbocycles. The lowest BCUT2D eigenvalue weighted by Crippen LogP contribution is -2.42. The van der Waals surface area contributed by atoms with Gasteiger partial charge in [-0.2, -0.15) is 13.2 Å². The van der Waals surface area contributed by atoms with Gasteiger partial charge in [0.15, 0.2) is 5.82 Å². The van der Waals surface area contributed by atoms with Gasteiger partial charge in [0, 0.05) is 32.2 Å². The number of nitrogens with one attached hydrogen (secondary N) is 1. The van der Waals surface area contributed by atoms with E-state index in [1.165, 1.54) is 0 Å². The summed E-state index contributed by atoms with van der Waals surface area (Å²) in [5, 5.41) is 3.41. The van der Waals surface area contributed by atoms with Crippen LogP contribution in [0.15, 0.2) is 12.1 Å². The van der Waals surface area contributed by atoms with Crippen LogP contribution in [0.3, 0.4) is 0 Å². The second-order valence-corrected chi connectivity index (χ2v) is 6.44. The zero-order valence-corrected chi connectivity index (χ0v) is 14.2. The molecule has 3 aliphatic rings. The van der Waals surface area contributed by atoms with Crippen molar-refractivity contribution in [2.24, 2.45) is 5.92 Å². The monoisotopic (exact) mass is 342 g/mol. The van der Waals surface area contributed by atoms with E-state index in [-0.39, 0.29) is 13.0 Å². The van der Waals surface area contributed by atoms with Crippen molar-refractivity contribution in [3.8, 4) is 0 Å². The quantitative estimate of drug-likeness (QED) is 0.839. The van der Waals surface area contributed by atoms with Gasteiger partial charge in [-0.15, -0.1) is 0 Å². The number of hydrogen-bond acceptors (Lipinski definition) is 4. The summed E-state index contributed by atoms with van der Waals surface area (Å²) in [5.74, 6) is 0.232. The molecule has 0 spiro atoms. The summed E-state index contributed by atoms with van der Waals surface area (Å²) < 4.78 is 38.8. The molecule has 24 heavy (non-hydrogen) atoms.